The Balaban J connectivity index is 1.55. The zero-order valence-electron chi connectivity index (χ0n) is 20.1. The summed E-state index contributed by atoms with van der Waals surface area (Å²) in [6.45, 7) is 2.17. The Morgan fingerprint density at radius 2 is 1.50 bits per heavy atom. The summed E-state index contributed by atoms with van der Waals surface area (Å²) in [4.78, 5) is 0. The van der Waals surface area contributed by atoms with Crippen molar-refractivity contribution in [2.75, 3.05) is 0 Å². The first-order valence-electron chi connectivity index (χ1n) is 12.8. The summed E-state index contributed by atoms with van der Waals surface area (Å²) in [6, 6.07) is 25.7. The lowest BCUT2D eigenvalue weighted by Crippen LogP contribution is -2.44. The Morgan fingerprint density at radius 3 is 2.21 bits per heavy atom. The number of hydrogen-bond acceptors (Lipinski definition) is 2. The van der Waals surface area contributed by atoms with Gasteiger partial charge in [-0.25, -0.2) is 0 Å². The number of aryl methyl sites for hydroxylation is 2. The van der Waals surface area contributed by atoms with Gasteiger partial charge in [-0.3, -0.25) is 0 Å². The highest BCUT2D eigenvalue weighted by atomic mass is 16.3. The average Bonchev–Trinajstić information content (AvgIpc) is 3.15. The van der Waals surface area contributed by atoms with E-state index in [2.05, 4.69) is 67.6 Å². The number of aliphatic hydroxyl groups is 1. The van der Waals surface area contributed by atoms with E-state index < -0.39 is 0 Å². The van der Waals surface area contributed by atoms with Gasteiger partial charge in [-0.15, -0.1) is 0 Å². The molecule has 1 saturated carbocycles. The van der Waals surface area contributed by atoms with Crippen LogP contribution < -0.4 is 0 Å². The Hall–Kier alpha value is -2.84. The number of rotatable bonds is 4. The highest BCUT2D eigenvalue weighted by Crippen LogP contribution is 2.62. The SMILES string of the molecule is Cc1cc(O)cc2c1[C@@]1(Cc3ccccc3)CC[C@@]3(Cc4ccccc4)C[C@@H](O)CC3=C1CC2. The molecule has 0 spiro atoms. The maximum absolute atomic E-state index is 11.0. The van der Waals surface area contributed by atoms with E-state index in [1.807, 2.05) is 12.1 Å². The molecule has 3 atom stereocenters. The number of phenols is 1. The zero-order valence-corrected chi connectivity index (χ0v) is 20.1. The molecule has 3 aliphatic carbocycles. The molecular formula is C32H34O2. The molecule has 2 heteroatoms. The van der Waals surface area contributed by atoms with Crippen molar-refractivity contribution in [1.82, 2.24) is 0 Å². The minimum absolute atomic E-state index is 0.0493. The monoisotopic (exact) mass is 450 g/mol. The third-order valence-corrected chi connectivity index (χ3v) is 8.94. The molecule has 2 N–H and O–H groups in total. The molecule has 6 rings (SSSR count). The van der Waals surface area contributed by atoms with E-state index in [1.165, 1.54) is 27.8 Å². The van der Waals surface area contributed by atoms with E-state index in [-0.39, 0.29) is 16.9 Å². The van der Waals surface area contributed by atoms with Crippen molar-refractivity contribution in [1.29, 1.82) is 0 Å². The van der Waals surface area contributed by atoms with Crippen LogP contribution in [-0.4, -0.2) is 16.3 Å². The molecule has 0 aromatic heterocycles. The van der Waals surface area contributed by atoms with Gasteiger partial charge >= 0.3 is 0 Å². The second kappa shape index (κ2) is 8.13. The van der Waals surface area contributed by atoms with Crippen molar-refractivity contribution in [2.45, 2.75) is 69.8 Å². The van der Waals surface area contributed by atoms with Gasteiger partial charge in [-0.2, -0.15) is 0 Å². The van der Waals surface area contributed by atoms with Crippen LogP contribution >= 0.6 is 0 Å². The molecule has 0 saturated heterocycles. The summed E-state index contributed by atoms with van der Waals surface area (Å²) in [6.07, 6.45) is 7.65. The first-order chi connectivity index (χ1) is 16.5. The van der Waals surface area contributed by atoms with Gasteiger partial charge in [0.15, 0.2) is 0 Å². The van der Waals surface area contributed by atoms with Crippen LogP contribution in [-0.2, 0) is 24.7 Å². The highest BCUT2D eigenvalue weighted by molar-refractivity contribution is 5.57. The van der Waals surface area contributed by atoms with Crippen LogP contribution in [0.2, 0.25) is 0 Å². The van der Waals surface area contributed by atoms with Crippen LogP contribution in [0, 0.1) is 12.3 Å². The molecule has 3 aliphatic rings. The van der Waals surface area contributed by atoms with E-state index in [9.17, 15) is 10.2 Å². The fourth-order valence-electron chi connectivity index (χ4n) is 7.82. The second-order valence-corrected chi connectivity index (χ2v) is 11.0. The molecule has 0 amide bonds. The Labute approximate surface area is 203 Å². The molecule has 34 heavy (non-hydrogen) atoms. The fraction of sp³-hybridized carbons (Fsp3) is 0.375. The van der Waals surface area contributed by atoms with Gasteiger partial charge < -0.3 is 10.2 Å². The first-order valence-corrected chi connectivity index (χ1v) is 12.8. The standard InChI is InChI=1S/C32H34O2/c1-22-16-26(33)17-25-12-13-28-29-18-27(34)21-31(29,19-23-8-4-2-5-9-23)14-15-32(28,30(22)25)20-24-10-6-3-7-11-24/h2-11,16-17,27,33-34H,12-15,18-21H2,1H3/t27-,31+,32+/m0/s1. The van der Waals surface area contributed by atoms with Crippen LogP contribution in [0.4, 0.5) is 0 Å². The van der Waals surface area contributed by atoms with Crippen molar-refractivity contribution in [3.8, 4) is 5.75 Å². The van der Waals surface area contributed by atoms with E-state index in [4.69, 9.17) is 0 Å². The molecule has 2 nitrogen and oxygen atoms in total. The van der Waals surface area contributed by atoms with Gasteiger partial charge in [0, 0.05) is 5.41 Å². The molecule has 0 radical (unpaired) electrons. The van der Waals surface area contributed by atoms with Gasteiger partial charge in [-0.05, 0) is 104 Å². The normalized spacial score (nSPS) is 27.8. The molecule has 0 bridgehead atoms. The topological polar surface area (TPSA) is 40.5 Å². The van der Waals surface area contributed by atoms with Crippen LogP contribution in [0.15, 0.2) is 83.9 Å². The summed E-state index contributed by atoms with van der Waals surface area (Å²) in [5.74, 6) is 0.382. The van der Waals surface area contributed by atoms with Gasteiger partial charge in [0.1, 0.15) is 5.75 Å². The van der Waals surface area contributed by atoms with Crippen molar-refractivity contribution in [3.63, 3.8) is 0 Å². The molecule has 1 fully saturated rings. The number of phenolic OH excluding ortho intramolecular Hbond substituents is 1. The molecular weight excluding hydrogens is 416 g/mol. The second-order valence-electron chi connectivity index (χ2n) is 11.0. The average molecular weight is 451 g/mol. The van der Waals surface area contributed by atoms with Crippen molar-refractivity contribution in [3.05, 3.63) is 112 Å². The van der Waals surface area contributed by atoms with Gasteiger partial charge in [0.2, 0.25) is 0 Å². The highest BCUT2D eigenvalue weighted by Gasteiger charge is 2.54. The zero-order chi connectivity index (χ0) is 23.3. The lowest BCUT2D eigenvalue weighted by atomic mass is 9.52. The summed E-state index contributed by atoms with van der Waals surface area (Å²) >= 11 is 0. The Morgan fingerprint density at radius 1 is 0.824 bits per heavy atom. The summed E-state index contributed by atoms with van der Waals surface area (Å²) in [5.41, 5.74) is 9.87. The lowest BCUT2D eigenvalue weighted by Gasteiger charge is -2.51. The Bertz CT molecular complexity index is 1240. The van der Waals surface area contributed by atoms with E-state index in [1.54, 1.807) is 11.1 Å². The molecule has 3 aromatic rings. The summed E-state index contributed by atoms with van der Waals surface area (Å²) < 4.78 is 0. The fourth-order valence-corrected chi connectivity index (χ4v) is 7.82. The van der Waals surface area contributed by atoms with E-state index >= 15 is 0 Å². The Kier molecular flexibility index (Phi) is 5.18. The molecule has 0 unspecified atom stereocenters. The molecule has 0 aliphatic heterocycles. The number of fused-ring (bicyclic) bond motifs is 4. The van der Waals surface area contributed by atoms with Crippen LogP contribution in [0.1, 0.15) is 59.9 Å². The summed E-state index contributed by atoms with van der Waals surface area (Å²) in [5, 5.41) is 21.4. The predicted molar refractivity (Wildman–Crippen MR) is 137 cm³/mol. The number of benzene rings is 3. The van der Waals surface area contributed by atoms with Gasteiger partial charge in [0.25, 0.3) is 0 Å². The number of aromatic hydroxyl groups is 1. The lowest BCUT2D eigenvalue weighted by molar-refractivity contribution is 0.148. The maximum Gasteiger partial charge on any atom is 0.116 e. The number of hydrogen-bond donors (Lipinski definition) is 2. The predicted octanol–water partition coefficient (Wildman–Crippen LogP) is 6.60. The van der Waals surface area contributed by atoms with Crippen molar-refractivity contribution in [2.24, 2.45) is 5.41 Å². The third-order valence-electron chi connectivity index (χ3n) is 8.94. The molecule has 0 heterocycles. The van der Waals surface area contributed by atoms with Crippen LogP contribution in [0.5, 0.6) is 5.75 Å². The van der Waals surface area contributed by atoms with Crippen molar-refractivity contribution >= 4 is 0 Å². The van der Waals surface area contributed by atoms with E-state index in [0.717, 1.165) is 51.4 Å². The molecule has 174 valence electrons. The van der Waals surface area contributed by atoms with Crippen LogP contribution in [0.25, 0.3) is 0 Å². The van der Waals surface area contributed by atoms with Gasteiger partial charge in [-0.1, -0.05) is 71.8 Å². The van der Waals surface area contributed by atoms with Crippen LogP contribution in [0.3, 0.4) is 0 Å². The smallest absolute Gasteiger partial charge is 0.116 e. The quantitative estimate of drug-likeness (QED) is 0.440. The van der Waals surface area contributed by atoms with Gasteiger partial charge in [0.05, 0.1) is 6.10 Å². The third kappa shape index (κ3) is 3.43. The van der Waals surface area contributed by atoms with E-state index in [0.29, 0.717) is 5.75 Å². The minimum atomic E-state index is -0.249. The molecule has 3 aromatic carbocycles. The number of aliphatic hydroxyl groups excluding tert-OH is 1. The summed E-state index contributed by atoms with van der Waals surface area (Å²) in [7, 11) is 0. The minimum Gasteiger partial charge on any atom is -0.508 e. The van der Waals surface area contributed by atoms with Crippen molar-refractivity contribution < 1.29 is 10.2 Å². The first kappa shape index (κ1) is 21.7. The number of allylic oxidation sites excluding steroid dienone is 1. The maximum atomic E-state index is 11.0. The largest absolute Gasteiger partial charge is 0.508 e.